The molecule has 0 saturated carbocycles. The number of rotatable bonds is 11. The first-order valence-electron chi connectivity index (χ1n) is 8.58. The molecule has 0 nitrogen and oxygen atoms in total. The third kappa shape index (κ3) is 9.18. The summed E-state index contributed by atoms with van der Waals surface area (Å²) in [6.07, 6.45) is 21.6. The van der Waals surface area contributed by atoms with Crippen molar-refractivity contribution in [2.45, 2.75) is 51.9 Å². The van der Waals surface area contributed by atoms with Gasteiger partial charge in [-0.25, -0.2) is 0 Å². The normalized spacial score (nSPS) is 12.3. The van der Waals surface area contributed by atoms with E-state index < -0.39 is 0 Å². The summed E-state index contributed by atoms with van der Waals surface area (Å²) in [6, 6.07) is 10.6. The summed E-state index contributed by atoms with van der Waals surface area (Å²) in [4.78, 5) is 0. The summed E-state index contributed by atoms with van der Waals surface area (Å²) in [6.45, 7) is 5.96. The molecule has 0 N–H and O–H groups in total. The molecule has 0 bridgehead atoms. The van der Waals surface area contributed by atoms with Crippen LogP contribution in [0.15, 0.2) is 72.9 Å². The minimum atomic E-state index is 1.15. The lowest BCUT2D eigenvalue weighted by Crippen LogP contribution is -1.83. The number of benzene rings is 1. The zero-order chi connectivity index (χ0) is 15.9. The van der Waals surface area contributed by atoms with Gasteiger partial charge in [0.15, 0.2) is 0 Å². The van der Waals surface area contributed by atoms with E-state index in [-0.39, 0.29) is 0 Å². The van der Waals surface area contributed by atoms with E-state index in [4.69, 9.17) is 0 Å². The molecule has 118 valence electrons. The standard InChI is InChI=1S/C22H30/c1-3-5-7-9-10-13-17-21(16-12-8-6-4-2)20-22-18-14-11-15-19-22/h4,6,8,11-12,14-16,18-20H,2-3,5,7,9-10,13,17H2,1H3. The molecule has 0 heterocycles. The summed E-state index contributed by atoms with van der Waals surface area (Å²) in [7, 11) is 0. The van der Waals surface area contributed by atoms with E-state index in [9.17, 15) is 0 Å². The van der Waals surface area contributed by atoms with E-state index in [1.807, 2.05) is 12.2 Å². The molecule has 1 rings (SSSR count). The van der Waals surface area contributed by atoms with E-state index in [1.165, 1.54) is 49.7 Å². The van der Waals surface area contributed by atoms with Crippen LogP contribution in [0.2, 0.25) is 0 Å². The zero-order valence-corrected chi connectivity index (χ0v) is 14.0. The van der Waals surface area contributed by atoms with Crippen LogP contribution in [0.1, 0.15) is 57.4 Å². The Bertz CT molecular complexity index is 474. The highest BCUT2D eigenvalue weighted by Crippen LogP contribution is 2.16. The molecule has 0 atom stereocenters. The van der Waals surface area contributed by atoms with E-state index >= 15 is 0 Å². The van der Waals surface area contributed by atoms with Gasteiger partial charge < -0.3 is 0 Å². The quantitative estimate of drug-likeness (QED) is 0.301. The predicted molar refractivity (Wildman–Crippen MR) is 101 cm³/mol. The lowest BCUT2D eigenvalue weighted by molar-refractivity contribution is 0.608. The number of unbranched alkanes of at least 4 members (excludes halogenated alkanes) is 5. The maximum Gasteiger partial charge on any atom is -0.0254 e. The third-order valence-electron chi connectivity index (χ3n) is 3.64. The summed E-state index contributed by atoms with van der Waals surface area (Å²) in [5.74, 6) is 0. The Hall–Kier alpha value is -1.82. The van der Waals surface area contributed by atoms with Gasteiger partial charge >= 0.3 is 0 Å². The lowest BCUT2D eigenvalue weighted by Gasteiger charge is -2.04. The molecule has 0 aliphatic heterocycles. The Morgan fingerprint density at radius 2 is 1.64 bits per heavy atom. The second-order valence-electron chi connectivity index (χ2n) is 5.63. The van der Waals surface area contributed by atoms with Crippen LogP contribution in [-0.4, -0.2) is 0 Å². The summed E-state index contributed by atoms with van der Waals surface area (Å²) < 4.78 is 0. The fraction of sp³-hybridized carbons (Fsp3) is 0.364. The summed E-state index contributed by atoms with van der Waals surface area (Å²) in [5.41, 5.74) is 2.68. The van der Waals surface area contributed by atoms with Gasteiger partial charge in [-0.2, -0.15) is 0 Å². The van der Waals surface area contributed by atoms with Gasteiger partial charge in [0.05, 0.1) is 0 Å². The molecule has 0 aliphatic carbocycles. The third-order valence-corrected chi connectivity index (χ3v) is 3.64. The van der Waals surface area contributed by atoms with Crippen LogP contribution in [-0.2, 0) is 0 Å². The Morgan fingerprint density at radius 1 is 0.909 bits per heavy atom. The molecule has 0 radical (unpaired) electrons. The van der Waals surface area contributed by atoms with Crippen molar-refractivity contribution in [2.75, 3.05) is 0 Å². The van der Waals surface area contributed by atoms with Crippen molar-refractivity contribution in [3.05, 3.63) is 78.4 Å². The SMILES string of the molecule is C=CC=CC=CC(=Cc1ccccc1)CCCCCCCC. The Morgan fingerprint density at radius 3 is 2.36 bits per heavy atom. The van der Waals surface area contributed by atoms with Crippen LogP contribution < -0.4 is 0 Å². The molecule has 22 heavy (non-hydrogen) atoms. The maximum absolute atomic E-state index is 3.69. The fourth-order valence-electron chi connectivity index (χ4n) is 2.40. The van der Waals surface area contributed by atoms with Crippen LogP contribution >= 0.6 is 0 Å². The minimum Gasteiger partial charge on any atom is -0.0991 e. The van der Waals surface area contributed by atoms with E-state index in [0.717, 1.165) is 6.42 Å². The fourth-order valence-corrected chi connectivity index (χ4v) is 2.40. The van der Waals surface area contributed by atoms with E-state index in [1.54, 1.807) is 6.08 Å². The maximum atomic E-state index is 3.69. The predicted octanol–water partition coefficient (Wildman–Crippen LogP) is 7.12. The van der Waals surface area contributed by atoms with Gasteiger partial charge in [-0.15, -0.1) is 0 Å². The number of allylic oxidation sites excluding steroid dienone is 6. The molecule has 0 spiro atoms. The first-order chi connectivity index (χ1) is 10.9. The Kier molecular flexibility index (Phi) is 10.7. The van der Waals surface area contributed by atoms with Crippen molar-refractivity contribution in [1.82, 2.24) is 0 Å². The van der Waals surface area contributed by atoms with Gasteiger partial charge in [-0.3, -0.25) is 0 Å². The monoisotopic (exact) mass is 294 g/mol. The summed E-state index contributed by atoms with van der Waals surface area (Å²) >= 11 is 0. The van der Waals surface area contributed by atoms with E-state index in [0.29, 0.717) is 0 Å². The van der Waals surface area contributed by atoms with Gasteiger partial charge in [0.2, 0.25) is 0 Å². The highest BCUT2D eigenvalue weighted by atomic mass is 14.0. The molecule has 1 aromatic rings. The molecular formula is C22H30. The molecule has 0 fully saturated rings. The molecule has 0 heteroatoms. The van der Waals surface area contributed by atoms with Crippen LogP contribution in [0, 0.1) is 0 Å². The van der Waals surface area contributed by atoms with Crippen molar-refractivity contribution in [2.24, 2.45) is 0 Å². The van der Waals surface area contributed by atoms with Gasteiger partial charge in [-0.1, -0.05) is 112 Å². The molecule has 0 unspecified atom stereocenters. The van der Waals surface area contributed by atoms with Crippen LogP contribution in [0.4, 0.5) is 0 Å². The number of hydrogen-bond acceptors (Lipinski definition) is 0. The van der Waals surface area contributed by atoms with Crippen molar-refractivity contribution < 1.29 is 0 Å². The molecular weight excluding hydrogens is 264 g/mol. The Balaban J connectivity index is 2.54. The molecule has 0 amide bonds. The zero-order valence-electron chi connectivity index (χ0n) is 14.0. The van der Waals surface area contributed by atoms with E-state index in [2.05, 4.69) is 62.1 Å². The molecule has 0 aliphatic rings. The average Bonchev–Trinajstić information content (AvgIpc) is 2.55. The van der Waals surface area contributed by atoms with Crippen molar-refractivity contribution in [1.29, 1.82) is 0 Å². The highest BCUT2D eigenvalue weighted by Gasteiger charge is 1.96. The molecule has 0 saturated heterocycles. The van der Waals surface area contributed by atoms with Crippen molar-refractivity contribution in [3.8, 4) is 0 Å². The molecule has 0 aromatic heterocycles. The minimum absolute atomic E-state index is 1.15. The average molecular weight is 294 g/mol. The van der Waals surface area contributed by atoms with Crippen molar-refractivity contribution >= 4 is 6.08 Å². The topological polar surface area (TPSA) is 0 Å². The van der Waals surface area contributed by atoms with Gasteiger partial charge in [0, 0.05) is 0 Å². The highest BCUT2D eigenvalue weighted by molar-refractivity contribution is 5.55. The smallest absolute Gasteiger partial charge is 0.0254 e. The molecule has 1 aromatic carbocycles. The summed E-state index contributed by atoms with van der Waals surface area (Å²) in [5, 5.41) is 0. The first kappa shape index (κ1) is 18.2. The second kappa shape index (κ2) is 12.9. The van der Waals surface area contributed by atoms with Crippen molar-refractivity contribution in [3.63, 3.8) is 0 Å². The Labute approximate surface area is 137 Å². The second-order valence-corrected chi connectivity index (χ2v) is 5.63. The largest absolute Gasteiger partial charge is 0.0991 e. The van der Waals surface area contributed by atoms with Gasteiger partial charge in [-0.05, 0) is 24.0 Å². The van der Waals surface area contributed by atoms with Gasteiger partial charge in [0.1, 0.15) is 0 Å². The van der Waals surface area contributed by atoms with Crippen LogP contribution in [0.5, 0.6) is 0 Å². The van der Waals surface area contributed by atoms with Crippen LogP contribution in [0.25, 0.3) is 6.08 Å². The number of hydrogen-bond donors (Lipinski definition) is 0. The van der Waals surface area contributed by atoms with Crippen LogP contribution in [0.3, 0.4) is 0 Å². The lowest BCUT2D eigenvalue weighted by atomic mass is 10.0. The van der Waals surface area contributed by atoms with Gasteiger partial charge in [0.25, 0.3) is 0 Å². The first-order valence-corrected chi connectivity index (χ1v) is 8.58.